The van der Waals surface area contributed by atoms with E-state index in [1.807, 2.05) is 11.2 Å². The Morgan fingerprint density at radius 3 is 2.73 bits per heavy atom. The number of alkyl halides is 3. The molecule has 0 saturated heterocycles. The first kappa shape index (κ1) is 16.6. The standard InChI is InChI=1S/C17H14F4N4O/c1-8-4-9-10-7-25(3-2-12(10)22-15(9)11(18)5-8)16(26)13-6-14(24-23-13)17(19,20)21/h4-6,22H,2-3,7H2,1H3,(H,23,24). The maximum atomic E-state index is 14.1. The quantitative estimate of drug-likeness (QED) is 0.647. The molecule has 0 aliphatic carbocycles. The summed E-state index contributed by atoms with van der Waals surface area (Å²) in [5.74, 6) is -0.959. The second-order valence-electron chi connectivity index (χ2n) is 6.39. The van der Waals surface area contributed by atoms with Gasteiger partial charge in [-0.1, -0.05) is 0 Å². The molecule has 1 aliphatic rings. The minimum Gasteiger partial charge on any atom is -0.356 e. The Hall–Kier alpha value is -2.84. The van der Waals surface area contributed by atoms with Crippen LogP contribution < -0.4 is 0 Å². The van der Waals surface area contributed by atoms with Gasteiger partial charge in [-0.15, -0.1) is 0 Å². The van der Waals surface area contributed by atoms with Crippen LogP contribution in [-0.4, -0.2) is 32.5 Å². The molecule has 0 radical (unpaired) electrons. The van der Waals surface area contributed by atoms with Gasteiger partial charge >= 0.3 is 6.18 Å². The van der Waals surface area contributed by atoms with Gasteiger partial charge in [-0.3, -0.25) is 9.89 Å². The third kappa shape index (κ3) is 2.63. The van der Waals surface area contributed by atoms with E-state index in [1.54, 1.807) is 6.92 Å². The van der Waals surface area contributed by atoms with E-state index >= 15 is 0 Å². The lowest BCUT2D eigenvalue weighted by molar-refractivity contribution is -0.141. The van der Waals surface area contributed by atoms with Crippen molar-refractivity contribution in [1.29, 1.82) is 0 Å². The Bertz CT molecular complexity index is 1020. The van der Waals surface area contributed by atoms with Crippen LogP contribution in [0.5, 0.6) is 0 Å². The highest BCUT2D eigenvalue weighted by Crippen LogP contribution is 2.31. The Morgan fingerprint density at radius 2 is 2.04 bits per heavy atom. The van der Waals surface area contributed by atoms with Crippen LogP contribution >= 0.6 is 0 Å². The largest absolute Gasteiger partial charge is 0.432 e. The van der Waals surface area contributed by atoms with Gasteiger partial charge in [0.15, 0.2) is 5.69 Å². The summed E-state index contributed by atoms with van der Waals surface area (Å²) >= 11 is 0. The minimum absolute atomic E-state index is 0.186. The van der Waals surface area contributed by atoms with E-state index in [1.165, 1.54) is 11.0 Å². The number of rotatable bonds is 1. The Kier molecular flexibility index (Phi) is 3.57. The molecule has 1 aliphatic heterocycles. The molecule has 3 aromatic rings. The van der Waals surface area contributed by atoms with Crippen LogP contribution in [0.25, 0.3) is 10.9 Å². The molecule has 2 aromatic heterocycles. The van der Waals surface area contributed by atoms with Crippen molar-refractivity contribution >= 4 is 16.8 Å². The lowest BCUT2D eigenvalue weighted by Gasteiger charge is -2.26. The molecule has 1 aromatic carbocycles. The van der Waals surface area contributed by atoms with Crippen molar-refractivity contribution in [3.05, 3.63) is 52.2 Å². The van der Waals surface area contributed by atoms with Crippen LogP contribution in [0.15, 0.2) is 18.2 Å². The molecule has 4 rings (SSSR count). The molecule has 5 nitrogen and oxygen atoms in total. The summed E-state index contributed by atoms with van der Waals surface area (Å²) < 4.78 is 52.2. The predicted molar refractivity (Wildman–Crippen MR) is 85.0 cm³/mol. The molecule has 0 atom stereocenters. The van der Waals surface area contributed by atoms with Crippen LogP contribution in [0, 0.1) is 12.7 Å². The predicted octanol–water partition coefficient (Wildman–Crippen LogP) is 3.56. The van der Waals surface area contributed by atoms with Crippen LogP contribution in [0.4, 0.5) is 17.6 Å². The number of nitrogens with one attached hydrogen (secondary N) is 2. The molecule has 0 bridgehead atoms. The first-order valence-electron chi connectivity index (χ1n) is 7.95. The summed E-state index contributed by atoms with van der Waals surface area (Å²) in [6.07, 6.45) is -4.13. The number of hydrogen-bond acceptors (Lipinski definition) is 2. The summed E-state index contributed by atoms with van der Waals surface area (Å²) in [5, 5.41) is 6.02. The Balaban J connectivity index is 1.66. The van der Waals surface area contributed by atoms with Gasteiger partial charge < -0.3 is 9.88 Å². The van der Waals surface area contributed by atoms with Crippen molar-refractivity contribution in [3.63, 3.8) is 0 Å². The summed E-state index contributed by atoms with van der Waals surface area (Å²) in [5.41, 5.74) is 1.41. The van der Waals surface area contributed by atoms with Gasteiger partial charge in [0.05, 0.1) is 5.52 Å². The van der Waals surface area contributed by atoms with Crippen molar-refractivity contribution < 1.29 is 22.4 Å². The Labute approximate surface area is 145 Å². The highest BCUT2D eigenvalue weighted by atomic mass is 19.4. The summed E-state index contributed by atoms with van der Waals surface area (Å²) in [4.78, 5) is 17.0. The number of carbonyl (C=O) groups excluding carboxylic acids is 1. The molecular weight excluding hydrogens is 352 g/mol. The van der Waals surface area contributed by atoms with Gasteiger partial charge in [0, 0.05) is 42.2 Å². The second-order valence-corrected chi connectivity index (χ2v) is 6.39. The fourth-order valence-electron chi connectivity index (χ4n) is 3.32. The monoisotopic (exact) mass is 366 g/mol. The van der Waals surface area contributed by atoms with Gasteiger partial charge in [0.1, 0.15) is 11.5 Å². The van der Waals surface area contributed by atoms with Gasteiger partial charge in [-0.2, -0.15) is 18.3 Å². The fourth-order valence-corrected chi connectivity index (χ4v) is 3.32. The van der Waals surface area contributed by atoms with Crippen LogP contribution in [0.2, 0.25) is 0 Å². The summed E-state index contributed by atoms with van der Waals surface area (Å²) in [7, 11) is 0. The lowest BCUT2D eigenvalue weighted by atomic mass is 10.0. The number of carbonyl (C=O) groups is 1. The SMILES string of the molecule is Cc1cc(F)c2[nH]c3c(c2c1)CN(C(=O)c1cc(C(F)(F)F)[nH]n1)CC3. The summed E-state index contributed by atoms with van der Waals surface area (Å²) in [6, 6.07) is 3.96. The highest BCUT2D eigenvalue weighted by molar-refractivity contribution is 5.93. The molecular formula is C17H14F4N4O. The van der Waals surface area contributed by atoms with Gasteiger partial charge in [0.2, 0.25) is 0 Å². The van der Waals surface area contributed by atoms with Gasteiger partial charge in [-0.05, 0) is 24.6 Å². The number of nitrogens with zero attached hydrogens (tertiary/aromatic N) is 2. The number of amides is 1. The molecule has 0 unspecified atom stereocenters. The maximum absolute atomic E-state index is 14.1. The van der Waals surface area contributed by atoms with E-state index in [0.717, 1.165) is 16.8 Å². The molecule has 2 N–H and O–H groups in total. The Morgan fingerprint density at radius 1 is 1.27 bits per heavy atom. The normalized spacial score (nSPS) is 14.7. The van der Waals surface area contributed by atoms with Gasteiger partial charge in [-0.25, -0.2) is 4.39 Å². The topological polar surface area (TPSA) is 64.8 Å². The number of aryl methyl sites for hydroxylation is 1. The van der Waals surface area contributed by atoms with Crippen molar-refractivity contribution in [2.45, 2.75) is 26.1 Å². The molecule has 0 saturated carbocycles. The van der Waals surface area contributed by atoms with Crippen LogP contribution in [0.1, 0.15) is 33.0 Å². The fraction of sp³-hybridized carbons (Fsp3) is 0.294. The first-order valence-corrected chi connectivity index (χ1v) is 7.95. The van der Waals surface area contributed by atoms with E-state index in [9.17, 15) is 22.4 Å². The van der Waals surface area contributed by atoms with Crippen molar-refractivity contribution in [1.82, 2.24) is 20.1 Å². The minimum atomic E-state index is -4.59. The lowest BCUT2D eigenvalue weighted by Crippen LogP contribution is -2.36. The number of aromatic amines is 2. The van der Waals surface area contributed by atoms with Gasteiger partial charge in [0.25, 0.3) is 5.91 Å². The molecule has 0 spiro atoms. The summed E-state index contributed by atoms with van der Waals surface area (Å²) in [6.45, 7) is 2.27. The zero-order valence-electron chi connectivity index (χ0n) is 13.7. The van der Waals surface area contributed by atoms with Crippen LogP contribution in [0.3, 0.4) is 0 Å². The zero-order chi connectivity index (χ0) is 18.6. The number of hydrogen-bond donors (Lipinski definition) is 2. The van der Waals surface area contributed by atoms with Crippen molar-refractivity contribution in [2.75, 3.05) is 6.54 Å². The van der Waals surface area contributed by atoms with Crippen molar-refractivity contribution in [3.8, 4) is 0 Å². The molecule has 0 fully saturated rings. The average molecular weight is 366 g/mol. The van der Waals surface area contributed by atoms with E-state index in [4.69, 9.17) is 0 Å². The number of benzene rings is 1. The van der Waals surface area contributed by atoms with E-state index < -0.39 is 17.8 Å². The third-order valence-corrected chi connectivity index (χ3v) is 4.57. The molecule has 1 amide bonds. The number of H-pyrrole nitrogens is 2. The van der Waals surface area contributed by atoms with E-state index in [-0.39, 0.29) is 18.1 Å². The van der Waals surface area contributed by atoms with Crippen molar-refractivity contribution in [2.24, 2.45) is 0 Å². The zero-order valence-corrected chi connectivity index (χ0v) is 13.7. The maximum Gasteiger partial charge on any atom is 0.432 e. The van der Waals surface area contributed by atoms with E-state index in [2.05, 4.69) is 10.1 Å². The smallest absolute Gasteiger partial charge is 0.356 e. The number of halogens is 4. The molecule has 9 heteroatoms. The molecule has 3 heterocycles. The van der Waals surface area contributed by atoms with E-state index in [0.29, 0.717) is 29.9 Å². The number of aromatic nitrogens is 3. The highest BCUT2D eigenvalue weighted by Gasteiger charge is 2.35. The molecule has 136 valence electrons. The number of fused-ring (bicyclic) bond motifs is 3. The molecule has 26 heavy (non-hydrogen) atoms. The van der Waals surface area contributed by atoms with Crippen LogP contribution in [-0.2, 0) is 19.1 Å². The average Bonchev–Trinajstić information content (AvgIpc) is 3.18. The first-order chi connectivity index (χ1) is 12.2. The third-order valence-electron chi connectivity index (χ3n) is 4.57. The second kappa shape index (κ2) is 5.58.